The Morgan fingerprint density at radius 1 is 1.40 bits per heavy atom. The molecule has 5 nitrogen and oxygen atoms in total. The van der Waals surface area contributed by atoms with E-state index in [1.807, 2.05) is 0 Å². The fourth-order valence-corrected chi connectivity index (χ4v) is 0.829. The Morgan fingerprint density at radius 3 is 2.33 bits per heavy atom. The number of hydrogen-bond donors (Lipinski definition) is 4. The van der Waals surface area contributed by atoms with E-state index >= 15 is 0 Å². The maximum absolute atomic E-state index is 11.3. The Hall–Kier alpha value is -0.0266. The van der Waals surface area contributed by atoms with Crippen LogP contribution in [-0.2, 0) is 24.3 Å². The van der Waals surface area contributed by atoms with Gasteiger partial charge in [0.15, 0.2) is 0 Å². The smallest absolute Gasteiger partial charge is 0.249 e. The van der Waals surface area contributed by atoms with Gasteiger partial charge in [0.1, 0.15) is 6.10 Å². The first-order valence-corrected chi connectivity index (χ1v) is 4.63. The summed E-state index contributed by atoms with van der Waals surface area (Å²) in [5.41, 5.74) is -0.844. The first-order valence-electron chi connectivity index (χ1n) is 4.63. The fourth-order valence-electron chi connectivity index (χ4n) is 0.829. The molecule has 4 N–H and O–H groups in total. The van der Waals surface area contributed by atoms with Crippen molar-refractivity contribution in [2.24, 2.45) is 5.41 Å². The van der Waals surface area contributed by atoms with Crippen LogP contribution in [0.2, 0.25) is 0 Å². The number of rotatable bonds is 6. The van der Waals surface area contributed by atoms with Crippen LogP contribution < -0.4 is 5.32 Å². The second-order valence-corrected chi connectivity index (χ2v) is 3.92. The molecule has 0 aromatic rings. The van der Waals surface area contributed by atoms with E-state index < -0.39 is 17.4 Å². The topological polar surface area (TPSA) is 89.8 Å². The third-order valence-electron chi connectivity index (χ3n) is 2.03. The maximum atomic E-state index is 11.3. The molecule has 0 aromatic carbocycles. The van der Waals surface area contributed by atoms with Crippen LogP contribution >= 0.6 is 0 Å². The van der Waals surface area contributed by atoms with Gasteiger partial charge in [-0.2, -0.15) is 0 Å². The van der Waals surface area contributed by atoms with Gasteiger partial charge in [-0.15, -0.1) is 0 Å². The summed E-state index contributed by atoms with van der Waals surface area (Å²) in [5.74, 6) is -0.516. The van der Waals surface area contributed by atoms with Gasteiger partial charge in [0, 0.05) is 38.0 Å². The first-order chi connectivity index (χ1) is 6.45. The van der Waals surface area contributed by atoms with Crippen molar-refractivity contribution < 1.29 is 39.6 Å². The number of carbonyl (C=O) groups excluding carboxylic acids is 1. The average Bonchev–Trinajstić information content (AvgIpc) is 2.17. The van der Waals surface area contributed by atoms with E-state index in [0.717, 1.165) is 0 Å². The summed E-state index contributed by atoms with van der Waals surface area (Å²) in [7, 11) is 0. The van der Waals surface area contributed by atoms with Gasteiger partial charge in [-0.05, 0) is 6.42 Å². The van der Waals surface area contributed by atoms with Crippen LogP contribution in [0.25, 0.3) is 0 Å². The zero-order valence-corrected chi connectivity index (χ0v) is 12.3. The Balaban J connectivity index is 0. The molecule has 0 radical (unpaired) electrons. The van der Waals surface area contributed by atoms with Crippen molar-refractivity contribution in [3.8, 4) is 0 Å². The predicted molar refractivity (Wildman–Crippen MR) is 51.6 cm³/mol. The van der Waals surface area contributed by atoms with Crippen molar-refractivity contribution >= 4 is 5.91 Å². The molecule has 86 valence electrons. The summed E-state index contributed by atoms with van der Waals surface area (Å²) in [5, 5.41) is 29.3. The number of carbonyl (C=O) groups is 1. The Morgan fingerprint density at radius 2 is 1.93 bits per heavy atom. The molecule has 1 amide bonds. The van der Waals surface area contributed by atoms with Gasteiger partial charge in [-0.3, -0.25) is 4.79 Å². The molecule has 0 rings (SSSR count). The zero-order valence-electron chi connectivity index (χ0n) is 9.36. The van der Waals surface area contributed by atoms with Gasteiger partial charge >= 0.3 is 0 Å². The van der Waals surface area contributed by atoms with Crippen molar-refractivity contribution in [1.29, 1.82) is 0 Å². The van der Waals surface area contributed by atoms with Crippen LogP contribution in [0, 0.1) is 5.41 Å². The van der Waals surface area contributed by atoms with Gasteiger partial charge < -0.3 is 20.6 Å². The van der Waals surface area contributed by atoms with Crippen molar-refractivity contribution in [2.75, 3.05) is 19.8 Å². The Kier molecular flexibility index (Phi) is 9.45. The summed E-state index contributed by atoms with van der Waals surface area (Å²) >= 11 is 0. The summed E-state index contributed by atoms with van der Waals surface area (Å²) in [6.45, 7) is 3.27. The molecule has 0 spiro atoms. The Labute approximate surface area is 103 Å². The van der Waals surface area contributed by atoms with Gasteiger partial charge in [0.05, 0.1) is 6.61 Å². The summed E-state index contributed by atoms with van der Waals surface area (Å²) < 4.78 is 0. The number of amides is 1. The molecule has 1 atom stereocenters. The number of aliphatic hydroxyl groups is 3. The van der Waals surface area contributed by atoms with E-state index in [9.17, 15) is 9.90 Å². The molecule has 0 bridgehead atoms. The molecular weight excluding hydrogens is 251 g/mol. The number of hydrogen-bond acceptors (Lipinski definition) is 4. The molecule has 0 heterocycles. The molecule has 0 aliphatic heterocycles. The first kappa shape index (κ1) is 17.4. The fraction of sp³-hybridized carbons (Fsp3) is 0.889. The minimum atomic E-state index is -1.23. The normalized spacial score (nSPS) is 12.9. The molecule has 0 aliphatic carbocycles. The van der Waals surface area contributed by atoms with Gasteiger partial charge in [0.2, 0.25) is 5.91 Å². The van der Waals surface area contributed by atoms with Crippen molar-refractivity contribution in [3.63, 3.8) is 0 Å². The van der Waals surface area contributed by atoms with Crippen LogP contribution in [-0.4, -0.2) is 47.1 Å². The van der Waals surface area contributed by atoms with Crippen LogP contribution in [0.4, 0.5) is 0 Å². The second-order valence-electron chi connectivity index (χ2n) is 3.92. The van der Waals surface area contributed by atoms with E-state index in [1.165, 1.54) is 0 Å². The number of aliphatic hydroxyl groups excluding tert-OH is 3. The molecule has 0 fully saturated rings. The SMILES string of the molecule is CC(C)(CO)C(O)C(=O)NCCCO.[Zn]. The van der Waals surface area contributed by atoms with E-state index in [-0.39, 0.29) is 32.7 Å². The van der Waals surface area contributed by atoms with E-state index in [1.54, 1.807) is 13.8 Å². The van der Waals surface area contributed by atoms with Crippen molar-refractivity contribution in [3.05, 3.63) is 0 Å². The molecule has 6 heteroatoms. The molecule has 0 aromatic heterocycles. The van der Waals surface area contributed by atoms with E-state index in [2.05, 4.69) is 5.32 Å². The van der Waals surface area contributed by atoms with E-state index in [4.69, 9.17) is 10.2 Å². The van der Waals surface area contributed by atoms with Crippen molar-refractivity contribution in [1.82, 2.24) is 5.32 Å². The minimum Gasteiger partial charge on any atom is -0.396 e. The third kappa shape index (κ3) is 6.20. The number of nitrogens with one attached hydrogen (secondary N) is 1. The van der Waals surface area contributed by atoms with Gasteiger partial charge in [0.25, 0.3) is 0 Å². The standard InChI is InChI=1S/C9H19NO4.Zn/c1-9(2,6-12)7(13)8(14)10-4-3-5-11;/h7,11-13H,3-6H2,1-2H3,(H,10,14);. The second kappa shape index (κ2) is 8.16. The summed E-state index contributed by atoms with van der Waals surface area (Å²) in [6.07, 6.45) is -0.774. The molecule has 0 saturated carbocycles. The minimum absolute atomic E-state index is 0. The quantitative estimate of drug-likeness (QED) is 0.363. The zero-order chi connectivity index (χ0) is 11.2. The van der Waals surface area contributed by atoms with Crippen LogP contribution in [0.5, 0.6) is 0 Å². The molecule has 1 unspecified atom stereocenters. The van der Waals surface area contributed by atoms with Crippen LogP contribution in [0.3, 0.4) is 0 Å². The summed E-state index contributed by atoms with van der Waals surface area (Å²) in [4.78, 5) is 11.3. The molecule has 15 heavy (non-hydrogen) atoms. The largest absolute Gasteiger partial charge is 0.396 e. The molecule has 0 aliphatic rings. The monoisotopic (exact) mass is 269 g/mol. The van der Waals surface area contributed by atoms with Crippen LogP contribution in [0.1, 0.15) is 20.3 Å². The van der Waals surface area contributed by atoms with Gasteiger partial charge in [-0.25, -0.2) is 0 Å². The summed E-state index contributed by atoms with van der Waals surface area (Å²) in [6, 6.07) is 0. The van der Waals surface area contributed by atoms with E-state index in [0.29, 0.717) is 13.0 Å². The van der Waals surface area contributed by atoms with Crippen molar-refractivity contribution in [2.45, 2.75) is 26.4 Å². The van der Waals surface area contributed by atoms with Crippen LogP contribution in [0.15, 0.2) is 0 Å². The maximum Gasteiger partial charge on any atom is 0.249 e. The Bertz CT molecular complexity index is 187. The predicted octanol–water partition coefficient (Wildman–Crippen LogP) is -1.14. The molecule has 0 saturated heterocycles. The van der Waals surface area contributed by atoms with Gasteiger partial charge in [-0.1, -0.05) is 13.8 Å². The third-order valence-corrected chi connectivity index (χ3v) is 2.03. The average molecular weight is 271 g/mol. The molecular formula is C9H19NO4Zn.